The van der Waals surface area contributed by atoms with E-state index in [0.717, 1.165) is 27.7 Å². The second-order valence-electron chi connectivity index (χ2n) is 6.60. The molecule has 0 aliphatic heterocycles. The summed E-state index contributed by atoms with van der Waals surface area (Å²) in [5.74, 6) is -0.0108. The number of para-hydroxylation sites is 1. The number of fused-ring (bicyclic) bond motifs is 1. The molecule has 3 aromatic rings. The highest BCUT2D eigenvalue weighted by molar-refractivity contribution is 6.05. The Kier molecular flexibility index (Phi) is 5.16. The molecule has 0 aliphatic carbocycles. The summed E-state index contributed by atoms with van der Waals surface area (Å²) in [5.41, 5.74) is 4.37. The minimum atomic E-state index is -0.267. The Hall–Kier alpha value is -3.28. The maximum Gasteiger partial charge on any atom is 0.262 e. The highest BCUT2D eigenvalue weighted by Gasteiger charge is 2.19. The van der Waals surface area contributed by atoms with Crippen molar-refractivity contribution < 1.29 is 14.3 Å². The first kappa shape index (κ1) is 18.5. The molecule has 2 N–H and O–H groups in total. The molecular formula is C21H23N3O3. The van der Waals surface area contributed by atoms with E-state index >= 15 is 0 Å². The highest BCUT2D eigenvalue weighted by Crippen LogP contribution is 2.37. The third-order valence-electron chi connectivity index (χ3n) is 4.30. The summed E-state index contributed by atoms with van der Waals surface area (Å²) < 4.78 is 7.67. The van der Waals surface area contributed by atoms with Gasteiger partial charge >= 0.3 is 0 Å². The fourth-order valence-corrected chi connectivity index (χ4v) is 3.21. The monoisotopic (exact) mass is 365 g/mol. The topological polar surface area (TPSA) is 72.4 Å². The predicted molar refractivity (Wildman–Crippen MR) is 107 cm³/mol. The van der Waals surface area contributed by atoms with E-state index in [1.54, 1.807) is 0 Å². The number of aryl methyl sites for hydroxylation is 3. The van der Waals surface area contributed by atoms with Crippen molar-refractivity contribution in [3.63, 3.8) is 0 Å². The van der Waals surface area contributed by atoms with Gasteiger partial charge in [0.25, 0.3) is 5.91 Å². The first-order valence-corrected chi connectivity index (χ1v) is 8.71. The number of hydrogen-bond donors (Lipinski definition) is 2. The molecule has 0 bridgehead atoms. The van der Waals surface area contributed by atoms with Crippen LogP contribution in [0, 0.1) is 13.8 Å². The molecule has 0 saturated heterocycles. The number of nitrogens with one attached hydrogen (secondary N) is 2. The Morgan fingerprint density at radius 2 is 1.81 bits per heavy atom. The number of nitrogens with zero attached hydrogens (tertiary/aromatic N) is 1. The van der Waals surface area contributed by atoms with Crippen molar-refractivity contribution in [2.45, 2.75) is 20.8 Å². The van der Waals surface area contributed by atoms with Gasteiger partial charge in [0.05, 0.1) is 5.52 Å². The average Bonchev–Trinajstić information content (AvgIpc) is 2.85. The standard InChI is InChI=1S/C21H23N3O3/c1-13-7-5-9-16(11-13)23-18(26)12-27-21-19(22-15(3)25)17-10-6-8-14(2)20(17)24(21)4/h5-11H,12H2,1-4H3,(H,22,25)(H,23,26). The van der Waals surface area contributed by atoms with Gasteiger partial charge in [-0.15, -0.1) is 0 Å². The van der Waals surface area contributed by atoms with Gasteiger partial charge in [0.1, 0.15) is 5.69 Å². The van der Waals surface area contributed by atoms with Gasteiger partial charge in [-0.25, -0.2) is 0 Å². The van der Waals surface area contributed by atoms with Crippen molar-refractivity contribution in [1.82, 2.24) is 4.57 Å². The summed E-state index contributed by atoms with van der Waals surface area (Å²) in [4.78, 5) is 24.0. The van der Waals surface area contributed by atoms with E-state index in [2.05, 4.69) is 10.6 Å². The molecule has 2 amide bonds. The van der Waals surface area contributed by atoms with Crippen LogP contribution in [0.2, 0.25) is 0 Å². The zero-order valence-electron chi connectivity index (χ0n) is 15.9. The van der Waals surface area contributed by atoms with E-state index in [-0.39, 0.29) is 18.4 Å². The summed E-state index contributed by atoms with van der Waals surface area (Å²) in [6, 6.07) is 13.4. The Morgan fingerprint density at radius 1 is 1.07 bits per heavy atom. The van der Waals surface area contributed by atoms with E-state index in [4.69, 9.17) is 4.74 Å². The Morgan fingerprint density at radius 3 is 2.52 bits per heavy atom. The lowest BCUT2D eigenvalue weighted by atomic mass is 10.1. The lowest BCUT2D eigenvalue weighted by Crippen LogP contribution is -2.21. The van der Waals surface area contributed by atoms with E-state index in [1.165, 1.54) is 6.92 Å². The van der Waals surface area contributed by atoms with E-state index in [9.17, 15) is 9.59 Å². The minimum Gasteiger partial charge on any atom is -0.467 e. The van der Waals surface area contributed by atoms with Crippen LogP contribution in [0.4, 0.5) is 11.4 Å². The van der Waals surface area contributed by atoms with Gasteiger partial charge in [-0.1, -0.05) is 30.3 Å². The lowest BCUT2D eigenvalue weighted by molar-refractivity contribution is -0.118. The summed E-state index contributed by atoms with van der Waals surface area (Å²) in [6.45, 7) is 5.24. The second-order valence-corrected chi connectivity index (χ2v) is 6.60. The Bertz CT molecular complexity index is 1020. The normalized spacial score (nSPS) is 10.7. The van der Waals surface area contributed by atoms with E-state index in [0.29, 0.717) is 11.6 Å². The SMILES string of the molecule is CC(=O)Nc1c(OCC(=O)Nc2cccc(C)c2)n(C)c2c(C)cccc12. The molecule has 0 aliphatic rings. The first-order chi connectivity index (χ1) is 12.9. The number of hydrogen-bond acceptors (Lipinski definition) is 3. The van der Waals surface area contributed by atoms with Crippen LogP contribution in [0.5, 0.6) is 5.88 Å². The third kappa shape index (κ3) is 3.95. The fraction of sp³-hybridized carbons (Fsp3) is 0.238. The first-order valence-electron chi connectivity index (χ1n) is 8.71. The maximum absolute atomic E-state index is 12.3. The molecule has 140 valence electrons. The van der Waals surface area contributed by atoms with Gasteiger partial charge in [0, 0.05) is 25.0 Å². The summed E-state index contributed by atoms with van der Waals surface area (Å²) >= 11 is 0. The number of carbonyl (C=O) groups is 2. The third-order valence-corrected chi connectivity index (χ3v) is 4.30. The summed E-state index contributed by atoms with van der Waals surface area (Å²) in [7, 11) is 1.86. The minimum absolute atomic E-state index is 0.163. The second kappa shape index (κ2) is 7.53. The van der Waals surface area contributed by atoms with Crippen LogP contribution >= 0.6 is 0 Å². The molecule has 0 atom stereocenters. The van der Waals surface area contributed by atoms with Crippen molar-refractivity contribution in [2.24, 2.45) is 7.05 Å². The van der Waals surface area contributed by atoms with E-state index in [1.807, 2.05) is 67.9 Å². The average molecular weight is 365 g/mol. The fourth-order valence-electron chi connectivity index (χ4n) is 3.21. The van der Waals surface area contributed by atoms with Crippen molar-refractivity contribution in [3.8, 4) is 5.88 Å². The molecule has 27 heavy (non-hydrogen) atoms. The molecule has 1 heterocycles. The van der Waals surface area contributed by atoms with Gasteiger partial charge < -0.3 is 19.9 Å². The number of benzene rings is 2. The van der Waals surface area contributed by atoms with Gasteiger partial charge in [-0.05, 0) is 37.1 Å². The van der Waals surface area contributed by atoms with Gasteiger partial charge in [-0.3, -0.25) is 9.59 Å². The number of ether oxygens (including phenoxy) is 1. The lowest BCUT2D eigenvalue weighted by Gasteiger charge is -2.11. The zero-order valence-corrected chi connectivity index (χ0v) is 15.9. The van der Waals surface area contributed by atoms with Crippen LogP contribution in [0.15, 0.2) is 42.5 Å². The highest BCUT2D eigenvalue weighted by atomic mass is 16.5. The smallest absolute Gasteiger partial charge is 0.262 e. The van der Waals surface area contributed by atoms with Gasteiger partial charge in [-0.2, -0.15) is 0 Å². The molecule has 6 heteroatoms. The molecule has 0 spiro atoms. The van der Waals surface area contributed by atoms with Crippen molar-refractivity contribution >= 4 is 34.1 Å². The van der Waals surface area contributed by atoms with Crippen molar-refractivity contribution in [1.29, 1.82) is 0 Å². The Balaban J connectivity index is 1.85. The molecule has 0 fully saturated rings. The van der Waals surface area contributed by atoms with Crippen LogP contribution in [0.25, 0.3) is 10.9 Å². The molecule has 3 rings (SSSR count). The molecule has 2 aromatic carbocycles. The number of aromatic nitrogens is 1. The molecule has 1 aromatic heterocycles. The van der Waals surface area contributed by atoms with Crippen LogP contribution in [-0.2, 0) is 16.6 Å². The van der Waals surface area contributed by atoms with Crippen LogP contribution in [-0.4, -0.2) is 23.0 Å². The molecule has 0 radical (unpaired) electrons. The Labute approximate surface area is 158 Å². The predicted octanol–water partition coefficient (Wildman–Crippen LogP) is 3.77. The van der Waals surface area contributed by atoms with Gasteiger partial charge in [0.2, 0.25) is 11.8 Å². The summed E-state index contributed by atoms with van der Waals surface area (Å²) in [5, 5.41) is 6.52. The zero-order chi connectivity index (χ0) is 19.6. The van der Waals surface area contributed by atoms with Crippen molar-refractivity contribution in [3.05, 3.63) is 53.6 Å². The van der Waals surface area contributed by atoms with Gasteiger partial charge in [0.15, 0.2) is 6.61 Å². The van der Waals surface area contributed by atoms with Crippen molar-refractivity contribution in [2.75, 3.05) is 17.2 Å². The largest absolute Gasteiger partial charge is 0.467 e. The maximum atomic E-state index is 12.3. The van der Waals surface area contributed by atoms with E-state index < -0.39 is 0 Å². The van der Waals surface area contributed by atoms with Crippen LogP contribution in [0.3, 0.4) is 0 Å². The van der Waals surface area contributed by atoms with Crippen LogP contribution in [0.1, 0.15) is 18.1 Å². The molecule has 0 unspecified atom stereocenters. The van der Waals surface area contributed by atoms with Crippen LogP contribution < -0.4 is 15.4 Å². The molecule has 6 nitrogen and oxygen atoms in total. The number of amides is 2. The molecule has 0 saturated carbocycles. The quantitative estimate of drug-likeness (QED) is 0.723. The molecular weight excluding hydrogens is 342 g/mol. The number of carbonyl (C=O) groups excluding carboxylic acids is 2. The number of anilines is 2. The summed E-state index contributed by atoms with van der Waals surface area (Å²) in [6.07, 6.45) is 0. The number of rotatable bonds is 5.